The molecule has 1 aromatic rings. The summed E-state index contributed by atoms with van der Waals surface area (Å²) >= 11 is 5.10. The summed E-state index contributed by atoms with van der Waals surface area (Å²) in [6, 6.07) is 2.07. The third kappa shape index (κ3) is 3.61. The predicted molar refractivity (Wildman–Crippen MR) is 84.9 cm³/mol. The molecule has 6 heteroatoms. The van der Waals surface area contributed by atoms with Crippen molar-refractivity contribution in [3.05, 3.63) is 20.8 Å². The maximum Gasteiger partial charge on any atom is 0.231 e. The molecule has 0 spiro atoms. The first-order chi connectivity index (χ1) is 9.57. The largest absolute Gasteiger partial charge is 0.384 e. The fraction of sp³-hybridized carbons (Fsp3) is 0.643. The second-order valence-electron chi connectivity index (χ2n) is 5.38. The van der Waals surface area contributed by atoms with Crippen LogP contribution in [0.1, 0.15) is 18.4 Å². The molecule has 0 aliphatic carbocycles. The van der Waals surface area contributed by atoms with Crippen molar-refractivity contribution in [1.82, 2.24) is 10.2 Å². The molecule has 20 heavy (non-hydrogen) atoms. The molecule has 2 heterocycles. The summed E-state index contributed by atoms with van der Waals surface area (Å²) < 4.78 is 6.43. The van der Waals surface area contributed by atoms with E-state index in [1.807, 2.05) is 11.9 Å². The van der Waals surface area contributed by atoms with Gasteiger partial charge in [0.1, 0.15) is 0 Å². The van der Waals surface area contributed by atoms with Crippen molar-refractivity contribution < 1.29 is 9.53 Å². The molecule has 112 valence electrons. The van der Waals surface area contributed by atoms with E-state index in [-0.39, 0.29) is 11.3 Å². The van der Waals surface area contributed by atoms with Crippen LogP contribution in [0.25, 0.3) is 0 Å². The first kappa shape index (κ1) is 15.9. The molecule has 1 aliphatic rings. The molecule has 1 N–H and O–H groups in total. The van der Waals surface area contributed by atoms with Crippen molar-refractivity contribution >= 4 is 33.2 Å². The van der Waals surface area contributed by atoms with Crippen LogP contribution in [-0.2, 0) is 16.1 Å². The maximum absolute atomic E-state index is 12.8. The molecule has 0 unspecified atom stereocenters. The number of methoxy groups -OCH3 is 1. The predicted octanol–water partition coefficient (Wildman–Crippen LogP) is 2.49. The number of amides is 1. The highest BCUT2D eigenvalue weighted by Crippen LogP contribution is 2.32. The molecule has 0 bridgehead atoms. The summed E-state index contributed by atoms with van der Waals surface area (Å²) in [6.07, 6.45) is 1.69. The van der Waals surface area contributed by atoms with Crippen LogP contribution in [0.4, 0.5) is 0 Å². The molecule has 1 aromatic heterocycles. The van der Waals surface area contributed by atoms with Gasteiger partial charge in [0.05, 0.1) is 15.8 Å². The fourth-order valence-electron chi connectivity index (χ4n) is 2.78. The zero-order chi connectivity index (χ0) is 14.6. The van der Waals surface area contributed by atoms with Crippen molar-refractivity contribution in [1.29, 1.82) is 0 Å². The third-order valence-corrected chi connectivity index (χ3v) is 5.38. The molecule has 4 nitrogen and oxygen atoms in total. The number of hydrogen-bond acceptors (Lipinski definition) is 4. The van der Waals surface area contributed by atoms with Gasteiger partial charge in [0.15, 0.2) is 0 Å². The van der Waals surface area contributed by atoms with Crippen molar-refractivity contribution in [2.75, 3.05) is 33.9 Å². The number of nitrogens with one attached hydrogen (secondary N) is 1. The normalized spacial score (nSPS) is 17.9. The number of piperidine rings is 1. The van der Waals surface area contributed by atoms with Crippen LogP contribution in [0, 0.1) is 5.41 Å². The summed E-state index contributed by atoms with van der Waals surface area (Å²) in [7, 11) is 3.56. The van der Waals surface area contributed by atoms with Gasteiger partial charge in [0.25, 0.3) is 0 Å². The van der Waals surface area contributed by atoms with E-state index in [9.17, 15) is 4.79 Å². The molecule has 2 rings (SSSR count). The highest BCUT2D eigenvalue weighted by atomic mass is 79.9. The monoisotopic (exact) mass is 360 g/mol. The van der Waals surface area contributed by atoms with Crippen LogP contribution >= 0.6 is 27.3 Å². The second kappa shape index (κ2) is 7.02. The van der Waals surface area contributed by atoms with Gasteiger partial charge in [0, 0.05) is 20.7 Å². The number of rotatable bonds is 5. The van der Waals surface area contributed by atoms with E-state index in [2.05, 4.69) is 32.7 Å². The summed E-state index contributed by atoms with van der Waals surface area (Å²) in [5.41, 5.74) is 0.807. The lowest BCUT2D eigenvalue weighted by atomic mass is 9.78. The van der Waals surface area contributed by atoms with Gasteiger partial charge in [-0.25, -0.2) is 0 Å². The lowest BCUT2D eigenvalue weighted by Crippen LogP contribution is -2.50. The Morgan fingerprint density at radius 2 is 2.25 bits per heavy atom. The minimum Gasteiger partial charge on any atom is -0.384 e. The SMILES string of the molecule is COCC1(C(=O)N(C)Cc2csc(Br)c2)CCNCC1. The van der Waals surface area contributed by atoms with Crippen LogP contribution in [0.15, 0.2) is 15.2 Å². The Bertz CT molecular complexity index is 452. The van der Waals surface area contributed by atoms with E-state index in [1.54, 1.807) is 18.4 Å². The van der Waals surface area contributed by atoms with Gasteiger partial charge in [-0.05, 0) is 58.9 Å². The standard InChI is InChI=1S/C14H21BrN2O2S/c1-17(8-11-7-12(15)20-9-11)13(18)14(10-19-2)3-5-16-6-4-14/h7,9,16H,3-6,8,10H2,1-2H3. The molecule has 1 saturated heterocycles. The fourth-order valence-corrected chi connectivity index (χ4v) is 3.98. The van der Waals surface area contributed by atoms with Crippen LogP contribution in [0.5, 0.6) is 0 Å². The molecular formula is C14H21BrN2O2S. The minimum atomic E-state index is -0.359. The topological polar surface area (TPSA) is 41.6 Å². The lowest BCUT2D eigenvalue weighted by molar-refractivity contribution is -0.146. The number of carbonyl (C=O) groups excluding carboxylic acids is 1. The van der Waals surface area contributed by atoms with E-state index in [4.69, 9.17) is 4.74 Å². The van der Waals surface area contributed by atoms with Crippen LogP contribution < -0.4 is 5.32 Å². The number of halogens is 1. The van der Waals surface area contributed by atoms with Crippen molar-refractivity contribution in [3.63, 3.8) is 0 Å². The smallest absolute Gasteiger partial charge is 0.231 e. The van der Waals surface area contributed by atoms with Crippen LogP contribution in [0.2, 0.25) is 0 Å². The van der Waals surface area contributed by atoms with E-state index in [0.717, 1.165) is 29.7 Å². The van der Waals surface area contributed by atoms with Crippen molar-refractivity contribution in [3.8, 4) is 0 Å². The Balaban J connectivity index is 2.06. The number of hydrogen-bond donors (Lipinski definition) is 1. The molecule has 0 aromatic carbocycles. The van der Waals surface area contributed by atoms with Gasteiger partial charge in [0.2, 0.25) is 5.91 Å². The van der Waals surface area contributed by atoms with Crippen LogP contribution in [-0.4, -0.2) is 44.7 Å². The summed E-state index contributed by atoms with van der Waals surface area (Å²) in [6.45, 7) is 2.92. The highest BCUT2D eigenvalue weighted by molar-refractivity contribution is 9.11. The van der Waals surface area contributed by atoms with Gasteiger partial charge in [-0.15, -0.1) is 11.3 Å². The van der Waals surface area contributed by atoms with Crippen LogP contribution in [0.3, 0.4) is 0 Å². The van der Waals surface area contributed by atoms with E-state index >= 15 is 0 Å². The summed E-state index contributed by atoms with van der Waals surface area (Å²) in [5.74, 6) is 0.197. The number of carbonyl (C=O) groups is 1. The molecule has 1 fully saturated rings. The molecule has 1 aliphatic heterocycles. The highest BCUT2D eigenvalue weighted by Gasteiger charge is 2.41. The number of thiophene rings is 1. The summed E-state index contributed by atoms with van der Waals surface area (Å²) in [4.78, 5) is 14.7. The van der Waals surface area contributed by atoms with Gasteiger partial charge < -0.3 is 15.0 Å². The zero-order valence-corrected chi connectivity index (χ0v) is 14.3. The average molecular weight is 361 g/mol. The molecule has 0 saturated carbocycles. The Labute approximate surface area is 132 Å². The molecular weight excluding hydrogens is 340 g/mol. The average Bonchev–Trinajstić information content (AvgIpc) is 2.84. The second-order valence-corrected chi connectivity index (χ2v) is 7.67. The third-order valence-electron chi connectivity index (χ3n) is 3.82. The van der Waals surface area contributed by atoms with Gasteiger partial charge in [-0.3, -0.25) is 4.79 Å². The first-order valence-electron chi connectivity index (χ1n) is 6.75. The number of nitrogens with zero attached hydrogens (tertiary/aromatic N) is 1. The Kier molecular flexibility index (Phi) is 5.60. The van der Waals surface area contributed by atoms with E-state index in [0.29, 0.717) is 13.2 Å². The van der Waals surface area contributed by atoms with Crippen molar-refractivity contribution in [2.24, 2.45) is 5.41 Å². The zero-order valence-electron chi connectivity index (χ0n) is 11.9. The Hall–Kier alpha value is -0.430. The van der Waals surface area contributed by atoms with Gasteiger partial charge >= 0.3 is 0 Å². The quantitative estimate of drug-likeness (QED) is 0.876. The minimum absolute atomic E-state index is 0.197. The van der Waals surface area contributed by atoms with Gasteiger partial charge in [-0.2, -0.15) is 0 Å². The van der Waals surface area contributed by atoms with Crippen molar-refractivity contribution in [2.45, 2.75) is 19.4 Å². The summed E-state index contributed by atoms with van der Waals surface area (Å²) in [5, 5.41) is 5.40. The molecule has 0 radical (unpaired) electrons. The van der Waals surface area contributed by atoms with Gasteiger partial charge in [-0.1, -0.05) is 0 Å². The van der Waals surface area contributed by atoms with E-state index < -0.39 is 0 Å². The maximum atomic E-state index is 12.8. The lowest BCUT2D eigenvalue weighted by Gasteiger charge is -2.38. The Morgan fingerprint density at radius 3 is 2.80 bits per heavy atom. The molecule has 0 atom stereocenters. The first-order valence-corrected chi connectivity index (χ1v) is 8.43. The molecule has 1 amide bonds. The van der Waals surface area contributed by atoms with E-state index in [1.165, 1.54) is 5.56 Å². The Morgan fingerprint density at radius 1 is 1.55 bits per heavy atom. The number of ether oxygens (including phenoxy) is 1.